The van der Waals surface area contributed by atoms with Gasteiger partial charge in [-0.3, -0.25) is 0 Å². The molecule has 1 aromatic carbocycles. The maximum Gasteiger partial charge on any atom is 0.0642 e. The number of thiophene rings is 3. The minimum absolute atomic E-state index is 1.35. The van der Waals surface area contributed by atoms with Crippen LogP contribution < -0.4 is 0 Å². The molecule has 0 bridgehead atoms. The van der Waals surface area contributed by atoms with Crippen LogP contribution in [0.1, 0.15) is 17.4 Å². The van der Waals surface area contributed by atoms with Crippen LogP contribution in [0.4, 0.5) is 0 Å². The first-order chi connectivity index (χ1) is 9.79. The van der Waals surface area contributed by atoms with Gasteiger partial charge in [0.25, 0.3) is 0 Å². The maximum absolute atomic E-state index is 3.22. The highest BCUT2D eigenvalue weighted by atomic mass is 32.1. The summed E-state index contributed by atoms with van der Waals surface area (Å²) in [5.74, 6) is 0. The molecule has 3 aromatic heterocycles. The van der Waals surface area contributed by atoms with E-state index in [9.17, 15) is 0 Å². The zero-order valence-corrected chi connectivity index (χ0v) is 13.6. The molecule has 0 fully saturated rings. The average molecular weight is 312 g/mol. The fraction of sp³-hybridized carbons (Fsp3) is 0.118. The Morgan fingerprint density at radius 3 is 2.60 bits per heavy atom. The predicted octanol–water partition coefficient (Wildman–Crippen LogP) is 6.83. The zero-order valence-electron chi connectivity index (χ0n) is 11.2. The van der Waals surface area contributed by atoms with Gasteiger partial charge in [0, 0.05) is 20.5 Å². The summed E-state index contributed by atoms with van der Waals surface area (Å²) in [4.78, 5) is 1.39. The van der Waals surface area contributed by atoms with Crippen molar-refractivity contribution in [2.45, 2.75) is 13.8 Å². The van der Waals surface area contributed by atoms with E-state index in [0.29, 0.717) is 0 Å². The highest BCUT2D eigenvalue weighted by Gasteiger charge is 2.16. The fourth-order valence-electron chi connectivity index (χ4n) is 2.50. The molecular weight excluding hydrogens is 300 g/mol. The summed E-state index contributed by atoms with van der Waals surface area (Å²) in [6.45, 7) is 4.22. The second kappa shape index (κ2) is 4.57. The molecule has 3 heterocycles. The van der Waals surface area contributed by atoms with E-state index in [1.807, 2.05) is 47.0 Å². The summed E-state index contributed by atoms with van der Waals surface area (Å²) < 4.78 is 7.18. The van der Waals surface area contributed by atoms with Crippen molar-refractivity contribution in [2.24, 2.45) is 0 Å². The molecule has 0 amide bonds. The van der Waals surface area contributed by atoms with E-state index in [2.05, 4.69) is 43.0 Å². The van der Waals surface area contributed by atoms with Gasteiger partial charge >= 0.3 is 0 Å². The maximum atomic E-state index is 3.22. The molecule has 3 heteroatoms. The van der Waals surface area contributed by atoms with Crippen LogP contribution in [-0.4, -0.2) is 0 Å². The molecular formula is C17H12S3. The molecule has 20 heavy (non-hydrogen) atoms. The molecule has 0 atom stereocenters. The number of fused-ring (bicyclic) bond motifs is 5. The van der Waals surface area contributed by atoms with Crippen LogP contribution in [0.5, 0.6) is 0 Å². The first-order valence-electron chi connectivity index (χ1n) is 6.50. The van der Waals surface area contributed by atoms with Gasteiger partial charge in [0.2, 0.25) is 0 Å². The molecule has 0 saturated carbocycles. The van der Waals surface area contributed by atoms with Gasteiger partial charge in [-0.15, -0.1) is 39.7 Å². The van der Waals surface area contributed by atoms with Crippen LogP contribution in [0.15, 0.2) is 36.1 Å². The summed E-state index contributed by atoms with van der Waals surface area (Å²) in [6.07, 6.45) is 4.09. The minimum Gasteiger partial charge on any atom is -0.137 e. The monoisotopic (exact) mass is 312 g/mol. The minimum atomic E-state index is 1.35. The molecule has 0 nitrogen and oxygen atoms in total. The summed E-state index contributed by atoms with van der Waals surface area (Å²) in [5, 5.41) is 1.40. The highest BCUT2D eigenvalue weighted by molar-refractivity contribution is 7.41. The normalized spacial score (nSPS) is 11.3. The van der Waals surface area contributed by atoms with E-state index in [1.54, 1.807) is 0 Å². The number of hydrogen-bond donors (Lipinski definition) is 0. The third-order valence-corrected chi connectivity index (χ3v) is 7.41. The molecule has 0 radical (unpaired) electrons. The third-order valence-electron chi connectivity index (χ3n) is 3.44. The summed E-state index contributed by atoms with van der Waals surface area (Å²) in [6, 6.07) is 8.72. The Balaban J connectivity index is 2.16. The van der Waals surface area contributed by atoms with E-state index >= 15 is 0 Å². The van der Waals surface area contributed by atoms with Gasteiger partial charge < -0.3 is 0 Å². The Hall–Kier alpha value is -1.38. The van der Waals surface area contributed by atoms with Gasteiger partial charge in [0.05, 0.1) is 18.8 Å². The van der Waals surface area contributed by atoms with Crippen LogP contribution >= 0.6 is 34.0 Å². The first kappa shape index (κ1) is 12.4. The molecule has 4 aromatic rings. The number of benzene rings is 1. The molecule has 0 aliphatic carbocycles. The number of hydrogen-bond acceptors (Lipinski definition) is 3. The van der Waals surface area contributed by atoms with Gasteiger partial charge in [-0.25, -0.2) is 0 Å². The SMILES string of the molecule is CC=C=Cc1c(C)sc2c1sc1c3ccccc3sc21. The van der Waals surface area contributed by atoms with Gasteiger partial charge in [0.15, 0.2) is 0 Å². The second-order valence-corrected chi connectivity index (χ2v) is 7.99. The quantitative estimate of drug-likeness (QED) is 0.338. The molecule has 0 N–H and O–H groups in total. The Morgan fingerprint density at radius 2 is 1.75 bits per heavy atom. The van der Waals surface area contributed by atoms with Gasteiger partial charge in [-0.2, -0.15) is 0 Å². The molecule has 0 spiro atoms. The standard InChI is InChI=1S/C17H12S3/c1-3-4-7-11-10(2)18-16-14(11)20-15-12-8-5-6-9-13(12)19-17(15)16/h3,5-9H,1-2H3. The van der Waals surface area contributed by atoms with Crippen LogP contribution in [-0.2, 0) is 0 Å². The molecule has 98 valence electrons. The van der Waals surface area contributed by atoms with Crippen LogP contribution in [0.3, 0.4) is 0 Å². The van der Waals surface area contributed by atoms with Crippen molar-refractivity contribution in [3.8, 4) is 0 Å². The Bertz CT molecular complexity index is 1000. The predicted molar refractivity (Wildman–Crippen MR) is 95.5 cm³/mol. The first-order valence-corrected chi connectivity index (χ1v) is 8.94. The van der Waals surface area contributed by atoms with Crippen LogP contribution in [0, 0.1) is 6.92 Å². The van der Waals surface area contributed by atoms with Gasteiger partial charge in [-0.05, 0) is 32.1 Å². The lowest BCUT2D eigenvalue weighted by atomic mass is 10.2. The average Bonchev–Trinajstić information content (AvgIpc) is 3.06. The molecule has 0 aliphatic heterocycles. The lowest BCUT2D eigenvalue weighted by molar-refractivity contribution is 1.62. The van der Waals surface area contributed by atoms with Crippen molar-refractivity contribution in [3.63, 3.8) is 0 Å². The van der Waals surface area contributed by atoms with E-state index in [-0.39, 0.29) is 0 Å². The van der Waals surface area contributed by atoms with E-state index in [1.165, 1.54) is 39.3 Å². The van der Waals surface area contributed by atoms with Gasteiger partial charge in [-0.1, -0.05) is 18.2 Å². The van der Waals surface area contributed by atoms with Crippen LogP contribution in [0.25, 0.3) is 35.0 Å². The molecule has 0 unspecified atom stereocenters. The Morgan fingerprint density at radius 1 is 0.950 bits per heavy atom. The van der Waals surface area contributed by atoms with Crippen LogP contribution in [0.2, 0.25) is 0 Å². The zero-order chi connectivity index (χ0) is 13.7. The van der Waals surface area contributed by atoms with Crippen molar-refractivity contribution < 1.29 is 0 Å². The number of allylic oxidation sites excluding steroid dienone is 1. The van der Waals surface area contributed by atoms with Crippen molar-refractivity contribution in [1.82, 2.24) is 0 Å². The number of aryl methyl sites for hydroxylation is 1. The van der Waals surface area contributed by atoms with Crippen molar-refractivity contribution in [3.05, 3.63) is 46.5 Å². The Kier molecular flexibility index (Phi) is 2.83. The smallest absolute Gasteiger partial charge is 0.0642 e. The lowest BCUT2D eigenvalue weighted by Gasteiger charge is -1.89. The van der Waals surface area contributed by atoms with E-state index in [0.717, 1.165) is 0 Å². The summed E-state index contributed by atoms with van der Waals surface area (Å²) in [7, 11) is 0. The molecule has 0 saturated heterocycles. The van der Waals surface area contributed by atoms with Crippen molar-refractivity contribution in [2.75, 3.05) is 0 Å². The van der Waals surface area contributed by atoms with E-state index in [4.69, 9.17) is 0 Å². The summed E-state index contributed by atoms with van der Waals surface area (Å²) in [5.41, 5.74) is 4.57. The van der Waals surface area contributed by atoms with Crippen molar-refractivity contribution in [1.29, 1.82) is 0 Å². The van der Waals surface area contributed by atoms with Crippen molar-refractivity contribution >= 4 is 69.0 Å². The Labute approximate surface area is 129 Å². The fourth-order valence-corrected chi connectivity index (χ4v) is 6.73. The molecule has 4 rings (SSSR count). The second-order valence-electron chi connectivity index (χ2n) is 4.69. The lowest BCUT2D eigenvalue weighted by Crippen LogP contribution is -1.66. The van der Waals surface area contributed by atoms with Gasteiger partial charge in [0.1, 0.15) is 0 Å². The highest BCUT2D eigenvalue weighted by Crippen LogP contribution is 2.49. The van der Waals surface area contributed by atoms with E-state index < -0.39 is 0 Å². The number of rotatable bonds is 1. The summed E-state index contributed by atoms with van der Waals surface area (Å²) >= 11 is 5.77. The largest absolute Gasteiger partial charge is 0.137 e. The molecule has 0 aliphatic rings. The third kappa shape index (κ3) is 1.65. The topological polar surface area (TPSA) is 0 Å².